The monoisotopic (exact) mass is 267 g/mol. The molecule has 1 aromatic heterocycles. The number of nitrogens with zero attached hydrogens (tertiary/aromatic N) is 1. The second-order valence-corrected chi connectivity index (χ2v) is 5.45. The molecule has 0 amide bonds. The maximum absolute atomic E-state index is 4.61. The number of rotatable bonds is 7. The largest absolute Gasteiger partial charge is 0.357 e. The van der Waals surface area contributed by atoms with Gasteiger partial charge in [-0.15, -0.1) is 11.3 Å². The van der Waals surface area contributed by atoms with Crippen LogP contribution in [0.15, 0.2) is 17.1 Å². The minimum atomic E-state index is 0.770. The fourth-order valence-electron chi connectivity index (χ4n) is 1.58. The van der Waals surface area contributed by atoms with Gasteiger partial charge in [-0.3, -0.25) is 0 Å². The Kier molecular flexibility index (Phi) is 7.49. The van der Waals surface area contributed by atoms with E-state index in [1.165, 1.54) is 22.6 Å². The van der Waals surface area contributed by atoms with Crippen LogP contribution >= 0.6 is 11.3 Å². The normalized spacial score (nSPS) is 11.6. The molecule has 0 saturated carbocycles. The quantitative estimate of drug-likeness (QED) is 0.452. The first-order chi connectivity index (χ1) is 8.80. The van der Waals surface area contributed by atoms with E-state index < -0.39 is 0 Å². The van der Waals surface area contributed by atoms with E-state index >= 15 is 0 Å². The first-order valence-electron chi connectivity index (χ1n) is 6.89. The Morgan fingerprint density at radius 2 is 1.94 bits per heavy atom. The molecule has 0 bridgehead atoms. The van der Waals surface area contributed by atoms with Crippen molar-refractivity contribution in [2.24, 2.45) is 4.99 Å². The molecule has 1 aromatic rings. The summed E-state index contributed by atoms with van der Waals surface area (Å²) in [5.41, 5.74) is 0. The number of thiophene rings is 1. The molecule has 0 atom stereocenters. The second-order valence-electron chi connectivity index (χ2n) is 4.20. The summed E-state index contributed by atoms with van der Waals surface area (Å²) in [6, 6.07) is 4.38. The molecule has 0 aliphatic carbocycles. The molecule has 0 aliphatic rings. The fourth-order valence-corrected chi connectivity index (χ4v) is 2.46. The Labute approximate surface area is 115 Å². The minimum absolute atomic E-state index is 0.770. The first-order valence-corrected chi connectivity index (χ1v) is 7.71. The maximum Gasteiger partial charge on any atom is 0.191 e. The van der Waals surface area contributed by atoms with Crippen molar-refractivity contribution in [2.75, 3.05) is 13.1 Å². The highest BCUT2D eigenvalue weighted by Crippen LogP contribution is 2.17. The lowest BCUT2D eigenvalue weighted by Gasteiger charge is -2.10. The Hall–Kier alpha value is -1.03. The first kappa shape index (κ1) is 15.0. The van der Waals surface area contributed by atoms with Crippen molar-refractivity contribution in [3.05, 3.63) is 21.9 Å². The van der Waals surface area contributed by atoms with Gasteiger partial charge in [-0.05, 0) is 31.9 Å². The summed E-state index contributed by atoms with van der Waals surface area (Å²) < 4.78 is 0. The van der Waals surface area contributed by atoms with Crippen molar-refractivity contribution < 1.29 is 0 Å². The molecule has 0 spiro atoms. The third kappa shape index (κ3) is 5.54. The number of guanidine groups is 1. The highest BCUT2D eigenvalue weighted by atomic mass is 32.1. The third-order valence-electron chi connectivity index (χ3n) is 2.63. The van der Waals surface area contributed by atoms with Crippen LogP contribution in [0.2, 0.25) is 0 Å². The molecular weight excluding hydrogens is 242 g/mol. The minimum Gasteiger partial charge on any atom is -0.357 e. The lowest BCUT2D eigenvalue weighted by Crippen LogP contribution is -2.37. The molecular formula is C14H25N3S. The topological polar surface area (TPSA) is 36.4 Å². The van der Waals surface area contributed by atoms with Crippen LogP contribution in [0.3, 0.4) is 0 Å². The summed E-state index contributed by atoms with van der Waals surface area (Å²) in [5, 5.41) is 6.63. The molecule has 0 fully saturated rings. The number of unbranched alkanes of at least 4 members (excludes halogenated alkanes) is 1. The van der Waals surface area contributed by atoms with E-state index in [4.69, 9.17) is 0 Å². The van der Waals surface area contributed by atoms with Crippen molar-refractivity contribution in [1.29, 1.82) is 0 Å². The summed E-state index contributed by atoms with van der Waals surface area (Å²) in [5.74, 6) is 0.928. The van der Waals surface area contributed by atoms with Gasteiger partial charge in [-0.1, -0.05) is 20.3 Å². The van der Waals surface area contributed by atoms with Crippen LogP contribution in [-0.2, 0) is 13.0 Å². The van der Waals surface area contributed by atoms with Crippen LogP contribution in [0.1, 0.15) is 43.4 Å². The average molecular weight is 267 g/mol. The zero-order valence-electron chi connectivity index (χ0n) is 11.8. The van der Waals surface area contributed by atoms with Crippen molar-refractivity contribution in [3.8, 4) is 0 Å². The number of nitrogens with one attached hydrogen (secondary N) is 2. The number of aryl methyl sites for hydroxylation is 1. The van der Waals surface area contributed by atoms with E-state index in [0.717, 1.165) is 32.0 Å². The van der Waals surface area contributed by atoms with Crippen molar-refractivity contribution >= 4 is 17.3 Å². The van der Waals surface area contributed by atoms with Crippen molar-refractivity contribution in [2.45, 2.75) is 46.6 Å². The summed E-state index contributed by atoms with van der Waals surface area (Å²) in [6.45, 7) is 9.15. The molecule has 0 aromatic carbocycles. The van der Waals surface area contributed by atoms with E-state index in [1.807, 2.05) is 11.3 Å². The zero-order valence-corrected chi connectivity index (χ0v) is 12.6. The third-order valence-corrected chi connectivity index (χ3v) is 3.84. The molecule has 0 radical (unpaired) electrons. The molecule has 3 nitrogen and oxygen atoms in total. The summed E-state index contributed by atoms with van der Waals surface area (Å²) >= 11 is 1.86. The number of aliphatic imine (C=N–C) groups is 1. The highest BCUT2D eigenvalue weighted by molar-refractivity contribution is 7.11. The van der Waals surface area contributed by atoms with E-state index in [9.17, 15) is 0 Å². The van der Waals surface area contributed by atoms with Crippen LogP contribution in [0.25, 0.3) is 0 Å². The van der Waals surface area contributed by atoms with Crippen molar-refractivity contribution in [1.82, 2.24) is 10.6 Å². The SMILES string of the molecule is CCCCNC(=NCc1ccc(CC)s1)NCC. The van der Waals surface area contributed by atoms with Gasteiger partial charge in [0.25, 0.3) is 0 Å². The van der Waals surface area contributed by atoms with Gasteiger partial charge in [0.1, 0.15) is 0 Å². The van der Waals surface area contributed by atoms with Crippen LogP contribution in [0.4, 0.5) is 0 Å². The molecule has 2 N–H and O–H groups in total. The maximum atomic E-state index is 4.61. The lowest BCUT2D eigenvalue weighted by molar-refractivity contribution is 0.730. The fraction of sp³-hybridized carbons (Fsp3) is 0.643. The standard InChI is InChI=1S/C14H25N3S/c1-4-7-10-16-14(15-6-3)17-11-13-9-8-12(5-2)18-13/h8-9H,4-7,10-11H2,1-3H3,(H2,15,16,17). The molecule has 102 valence electrons. The molecule has 0 saturated heterocycles. The Morgan fingerprint density at radius 3 is 2.56 bits per heavy atom. The van der Waals surface area contributed by atoms with Crippen LogP contribution in [-0.4, -0.2) is 19.0 Å². The van der Waals surface area contributed by atoms with E-state index in [-0.39, 0.29) is 0 Å². The van der Waals surface area contributed by atoms with Crippen molar-refractivity contribution in [3.63, 3.8) is 0 Å². The predicted octanol–water partition coefficient (Wildman–Crippen LogP) is 3.17. The molecule has 0 aliphatic heterocycles. The predicted molar refractivity (Wildman–Crippen MR) is 81.4 cm³/mol. The Balaban J connectivity index is 2.47. The highest BCUT2D eigenvalue weighted by Gasteiger charge is 1.99. The van der Waals surface area contributed by atoms with Gasteiger partial charge in [-0.2, -0.15) is 0 Å². The number of hydrogen-bond acceptors (Lipinski definition) is 2. The number of hydrogen-bond donors (Lipinski definition) is 2. The van der Waals surface area contributed by atoms with E-state index in [1.54, 1.807) is 0 Å². The Morgan fingerprint density at radius 1 is 1.17 bits per heavy atom. The summed E-state index contributed by atoms with van der Waals surface area (Å²) in [4.78, 5) is 7.38. The smallest absolute Gasteiger partial charge is 0.191 e. The summed E-state index contributed by atoms with van der Waals surface area (Å²) in [7, 11) is 0. The molecule has 1 rings (SSSR count). The van der Waals surface area contributed by atoms with Gasteiger partial charge in [0.2, 0.25) is 0 Å². The second kappa shape index (κ2) is 8.97. The van der Waals surface area contributed by atoms with Crippen LogP contribution < -0.4 is 10.6 Å². The molecule has 0 unspecified atom stereocenters. The molecule has 18 heavy (non-hydrogen) atoms. The van der Waals surface area contributed by atoms with Gasteiger partial charge in [0, 0.05) is 22.8 Å². The molecule has 1 heterocycles. The van der Waals surface area contributed by atoms with Gasteiger partial charge >= 0.3 is 0 Å². The van der Waals surface area contributed by atoms with Gasteiger partial charge in [-0.25, -0.2) is 4.99 Å². The zero-order chi connectivity index (χ0) is 13.2. The van der Waals surface area contributed by atoms with Gasteiger partial charge in [0.15, 0.2) is 5.96 Å². The van der Waals surface area contributed by atoms with Gasteiger partial charge < -0.3 is 10.6 Å². The van der Waals surface area contributed by atoms with Crippen LogP contribution in [0.5, 0.6) is 0 Å². The average Bonchev–Trinajstić information content (AvgIpc) is 2.84. The lowest BCUT2D eigenvalue weighted by atomic mass is 10.3. The van der Waals surface area contributed by atoms with E-state index in [0.29, 0.717) is 0 Å². The van der Waals surface area contributed by atoms with E-state index in [2.05, 4.69) is 48.5 Å². The Bertz CT molecular complexity index is 358. The van der Waals surface area contributed by atoms with Crippen LogP contribution in [0, 0.1) is 0 Å². The summed E-state index contributed by atoms with van der Waals surface area (Å²) in [6.07, 6.45) is 3.50. The molecule has 4 heteroatoms. The van der Waals surface area contributed by atoms with Gasteiger partial charge in [0.05, 0.1) is 6.54 Å².